The number of nitrogens with one attached hydrogen (secondary N) is 2. The van der Waals surface area contributed by atoms with E-state index in [-0.39, 0.29) is 10.7 Å². The van der Waals surface area contributed by atoms with Gasteiger partial charge in [0, 0.05) is 13.8 Å². The van der Waals surface area contributed by atoms with Crippen LogP contribution in [0.4, 0.5) is 0 Å². The number of hydrogen-bond acceptors (Lipinski definition) is 6. The first-order chi connectivity index (χ1) is 14.3. The highest BCUT2D eigenvalue weighted by Crippen LogP contribution is 2.13. The Morgan fingerprint density at radius 3 is 1.30 bits per heavy atom. The minimum absolute atomic E-state index is 0.0857. The molecule has 0 unspecified atom stereocenters. The fraction of sp³-hybridized carbons (Fsp3) is 0.0909. The topological polar surface area (TPSA) is 118 Å². The van der Waals surface area contributed by atoms with Gasteiger partial charge in [0.25, 0.3) is 11.1 Å². The number of H-pyrrole nitrogens is 2. The lowest BCUT2D eigenvalue weighted by molar-refractivity contribution is -0.132. The molecular formula is C22H18N2O6. The van der Waals surface area contributed by atoms with Gasteiger partial charge in [-0.25, -0.2) is 0 Å². The van der Waals surface area contributed by atoms with Crippen molar-refractivity contribution in [1.29, 1.82) is 0 Å². The van der Waals surface area contributed by atoms with E-state index < -0.39 is 23.1 Å². The maximum Gasteiger partial charge on any atom is 0.308 e. The number of hydrogen-bond donors (Lipinski definition) is 2. The number of esters is 2. The van der Waals surface area contributed by atoms with E-state index >= 15 is 0 Å². The molecule has 0 spiro atoms. The van der Waals surface area contributed by atoms with Crippen molar-refractivity contribution in [3.8, 4) is 11.5 Å². The van der Waals surface area contributed by atoms with Crippen LogP contribution in [0.3, 0.4) is 0 Å². The Labute approximate surface area is 170 Å². The number of aromatic amines is 2. The highest BCUT2D eigenvalue weighted by Gasteiger charge is 2.01. The van der Waals surface area contributed by atoms with Crippen molar-refractivity contribution < 1.29 is 19.1 Å². The van der Waals surface area contributed by atoms with Gasteiger partial charge in [0.1, 0.15) is 22.2 Å². The summed E-state index contributed by atoms with van der Waals surface area (Å²) < 4.78 is 9.91. The summed E-state index contributed by atoms with van der Waals surface area (Å²) in [5, 5.41) is 0.171. The van der Waals surface area contributed by atoms with Gasteiger partial charge in [-0.1, -0.05) is 24.3 Å². The maximum absolute atomic E-state index is 12.4. The second kappa shape index (κ2) is 8.87. The minimum atomic E-state index is -0.471. The summed E-state index contributed by atoms with van der Waals surface area (Å²) in [4.78, 5) is 51.8. The van der Waals surface area contributed by atoms with Crippen LogP contribution in [0.15, 0.2) is 58.1 Å². The molecule has 152 valence electrons. The third kappa shape index (κ3) is 5.41. The third-order valence-corrected chi connectivity index (χ3v) is 3.89. The quantitative estimate of drug-likeness (QED) is 0.483. The van der Waals surface area contributed by atoms with Gasteiger partial charge in [-0.15, -0.1) is 0 Å². The Balaban J connectivity index is 1.91. The maximum atomic E-state index is 12.4. The van der Waals surface area contributed by atoms with Gasteiger partial charge >= 0.3 is 11.9 Å². The van der Waals surface area contributed by atoms with Gasteiger partial charge in [-0.2, -0.15) is 0 Å². The minimum Gasteiger partial charge on any atom is -0.427 e. The molecule has 0 saturated heterocycles. The fourth-order valence-corrected chi connectivity index (χ4v) is 2.63. The lowest BCUT2D eigenvalue weighted by Crippen LogP contribution is -2.46. The molecule has 0 aliphatic heterocycles. The molecule has 0 saturated carbocycles. The molecule has 3 aromatic rings. The van der Waals surface area contributed by atoms with Crippen molar-refractivity contribution in [1.82, 2.24) is 9.97 Å². The van der Waals surface area contributed by atoms with Crippen LogP contribution in [-0.4, -0.2) is 21.9 Å². The highest BCUT2D eigenvalue weighted by molar-refractivity contribution is 5.70. The molecule has 0 fully saturated rings. The monoisotopic (exact) mass is 406 g/mol. The predicted octanol–water partition coefficient (Wildman–Crippen LogP) is 0.571. The average molecular weight is 406 g/mol. The van der Waals surface area contributed by atoms with Crippen LogP contribution < -0.4 is 31.3 Å². The molecule has 8 nitrogen and oxygen atoms in total. The molecule has 1 heterocycles. The summed E-state index contributed by atoms with van der Waals surface area (Å²) in [7, 11) is 0. The van der Waals surface area contributed by atoms with E-state index in [4.69, 9.17) is 9.47 Å². The number of ether oxygens (including phenoxy) is 2. The van der Waals surface area contributed by atoms with Gasteiger partial charge in [-0.05, 0) is 47.5 Å². The molecule has 0 amide bonds. The van der Waals surface area contributed by atoms with E-state index in [1.54, 1.807) is 48.5 Å². The molecule has 0 aliphatic rings. The summed E-state index contributed by atoms with van der Waals surface area (Å²) in [6, 6.07) is 13.0. The zero-order valence-electron chi connectivity index (χ0n) is 16.2. The lowest BCUT2D eigenvalue weighted by Gasteiger charge is -2.01. The van der Waals surface area contributed by atoms with Crippen molar-refractivity contribution >= 4 is 24.1 Å². The van der Waals surface area contributed by atoms with Crippen molar-refractivity contribution in [2.45, 2.75) is 13.8 Å². The predicted molar refractivity (Wildman–Crippen MR) is 110 cm³/mol. The van der Waals surface area contributed by atoms with Gasteiger partial charge in [0.05, 0.1) is 0 Å². The van der Waals surface area contributed by atoms with E-state index in [0.29, 0.717) is 22.6 Å². The second-order valence-corrected chi connectivity index (χ2v) is 6.35. The van der Waals surface area contributed by atoms with Crippen molar-refractivity contribution in [2.75, 3.05) is 0 Å². The molecule has 1 aromatic heterocycles. The van der Waals surface area contributed by atoms with E-state index in [1.165, 1.54) is 26.0 Å². The largest absolute Gasteiger partial charge is 0.427 e. The number of aromatic nitrogens is 2. The summed E-state index contributed by atoms with van der Waals surface area (Å²) in [5.74, 6) is -0.0980. The van der Waals surface area contributed by atoms with Gasteiger partial charge in [-0.3, -0.25) is 19.2 Å². The van der Waals surface area contributed by atoms with E-state index in [2.05, 4.69) is 9.97 Å². The van der Waals surface area contributed by atoms with E-state index in [0.717, 1.165) is 0 Å². The molecule has 2 N–H and O–H groups in total. The Hall–Kier alpha value is -4.20. The molecule has 0 radical (unpaired) electrons. The molecule has 0 bridgehead atoms. The van der Waals surface area contributed by atoms with Gasteiger partial charge in [0.15, 0.2) is 0 Å². The molecular weight excluding hydrogens is 388 g/mol. The van der Waals surface area contributed by atoms with Crippen LogP contribution in [0.25, 0.3) is 12.2 Å². The second-order valence-electron chi connectivity index (χ2n) is 6.35. The van der Waals surface area contributed by atoms with Crippen LogP contribution in [0.2, 0.25) is 0 Å². The fourth-order valence-electron chi connectivity index (χ4n) is 2.63. The van der Waals surface area contributed by atoms with Crippen LogP contribution >= 0.6 is 0 Å². The molecule has 0 atom stereocenters. The number of carbonyl (C=O) groups excluding carboxylic acids is 2. The molecule has 2 aromatic carbocycles. The summed E-state index contributed by atoms with van der Waals surface area (Å²) >= 11 is 0. The van der Waals surface area contributed by atoms with E-state index in [9.17, 15) is 19.2 Å². The standard InChI is InChI=1S/C22H18N2O6/c1-13(25)29-17-7-3-15(4-8-17)11-19-21(27)24-20(22(28)23-19)12-16-5-9-18(10-6-16)30-14(2)26/h3-12H,1-2H3,(H,23,28)(H,24,27). The first kappa shape index (κ1) is 20.5. The Bertz CT molecular complexity index is 1210. The Morgan fingerprint density at radius 2 is 1.00 bits per heavy atom. The lowest BCUT2D eigenvalue weighted by atomic mass is 10.2. The summed E-state index contributed by atoms with van der Waals surface area (Å²) in [5.41, 5.74) is 0.345. The summed E-state index contributed by atoms with van der Waals surface area (Å²) in [6.45, 7) is 2.61. The van der Waals surface area contributed by atoms with Crippen LogP contribution in [0.5, 0.6) is 11.5 Å². The van der Waals surface area contributed by atoms with Crippen LogP contribution in [-0.2, 0) is 9.59 Å². The Kier molecular flexibility index (Phi) is 6.07. The molecule has 0 aliphatic carbocycles. The van der Waals surface area contributed by atoms with Crippen molar-refractivity contribution in [2.24, 2.45) is 0 Å². The summed E-state index contributed by atoms with van der Waals surface area (Å²) in [6.07, 6.45) is 3.02. The zero-order valence-corrected chi connectivity index (χ0v) is 16.2. The molecule has 30 heavy (non-hydrogen) atoms. The third-order valence-electron chi connectivity index (χ3n) is 3.89. The Morgan fingerprint density at radius 1 is 0.667 bits per heavy atom. The van der Waals surface area contributed by atoms with Gasteiger partial charge < -0.3 is 19.4 Å². The first-order valence-corrected chi connectivity index (χ1v) is 8.93. The van der Waals surface area contributed by atoms with Crippen molar-refractivity contribution in [3.05, 3.63) is 91.1 Å². The zero-order chi connectivity index (χ0) is 21.7. The molecule has 8 heteroatoms. The number of rotatable bonds is 4. The average Bonchev–Trinajstić information content (AvgIpc) is 2.68. The van der Waals surface area contributed by atoms with Gasteiger partial charge in [0.2, 0.25) is 0 Å². The smallest absolute Gasteiger partial charge is 0.308 e. The molecule has 3 rings (SSSR count). The first-order valence-electron chi connectivity index (χ1n) is 8.93. The van der Waals surface area contributed by atoms with E-state index in [1.807, 2.05) is 0 Å². The number of carbonyl (C=O) groups is 2. The van der Waals surface area contributed by atoms with Crippen LogP contribution in [0.1, 0.15) is 25.0 Å². The highest BCUT2D eigenvalue weighted by atomic mass is 16.5. The van der Waals surface area contributed by atoms with Crippen molar-refractivity contribution in [3.63, 3.8) is 0 Å². The SMILES string of the molecule is CC(=O)Oc1ccc(C=c2[nH]c(=O)c(=Cc3ccc(OC(C)=O)cc3)[nH]c2=O)cc1. The van der Waals surface area contributed by atoms with Crippen LogP contribution in [0, 0.1) is 0 Å². The number of benzene rings is 2. The normalized spacial score (nSPS) is 11.9.